The topological polar surface area (TPSA) is 142 Å². The Kier molecular flexibility index (Phi) is 13.7. The standard InChI is InChI=1S/C34H38N2O7/c1-40-24-42-28-15-12-25(33(21-28)41-18-10-8-6-4-2-3-5-7-9-11-34(38)39)13-16-29-20-30(26(22-35)23-36)31-19-27(37)14-17-32(31)43-29/h12-17,19-21,37H,2-11,18,24H2,1H3,(H,38,39)/b16-13+. The lowest BCUT2D eigenvalue weighted by Gasteiger charge is -2.19. The molecule has 0 radical (unpaired) electrons. The van der Waals surface area contributed by atoms with E-state index in [2.05, 4.69) is 0 Å². The van der Waals surface area contributed by atoms with Crippen molar-refractivity contribution in [1.82, 2.24) is 0 Å². The summed E-state index contributed by atoms with van der Waals surface area (Å²) in [6.07, 6.45) is 14.8. The van der Waals surface area contributed by atoms with Crippen LogP contribution in [0, 0.1) is 22.7 Å². The van der Waals surface area contributed by atoms with Crippen LogP contribution in [0.2, 0.25) is 0 Å². The zero-order valence-corrected chi connectivity index (χ0v) is 24.5. The van der Waals surface area contributed by atoms with Crippen molar-refractivity contribution in [2.45, 2.75) is 64.2 Å². The number of unbranched alkanes of at least 4 members (excludes halogenated alkanes) is 8. The number of methoxy groups -OCH3 is 1. The number of phenols is 1. The van der Waals surface area contributed by atoms with Gasteiger partial charge in [-0.1, -0.05) is 44.9 Å². The molecule has 3 rings (SSSR count). The van der Waals surface area contributed by atoms with Crippen molar-refractivity contribution < 1.29 is 34.0 Å². The molecule has 0 spiro atoms. The first kappa shape index (κ1) is 32.8. The molecule has 2 aromatic rings. The van der Waals surface area contributed by atoms with E-state index in [1.807, 2.05) is 36.4 Å². The van der Waals surface area contributed by atoms with E-state index in [9.17, 15) is 20.4 Å². The number of benzene rings is 2. The van der Waals surface area contributed by atoms with E-state index in [4.69, 9.17) is 24.1 Å². The zero-order valence-electron chi connectivity index (χ0n) is 24.5. The molecule has 0 aromatic heterocycles. The Labute approximate surface area is 252 Å². The van der Waals surface area contributed by atoms with Crippen molar-refractivity contribution >= 4 is 17.6 Å². The molecule has 0 amide bonds. The van der Waals surface area contributed by atoms with Gasteiger partial charge in [-0.05, 0) is 61.4 Å². The van der Waals surface area contributed by atoms with Gasteiger partial charge in [0.15, 0.2) is 6.79 Å². The van der Waals surface area contributed by atoms with Crippen LogP contribution < -0.4 is 14.2 Å². The van der Waals surface area contributed by atoms with Crippen LogP contribution in [-0.4, -0.2) is 36.7 Å². The fraction of sp³-hybridized carbons (Fsp3) is 0.382. The fourth-order valence-corrected chi connectivity index (χ4v) is 4.59. The van der Waals surface area contributed by atoms with Gasteiger partial charge in [0.25, 0.3) is 0 Å². The summed E-state index contributed by atoms with van der Waals surface area (Å²) in [5.74, 6) is 1.38. The molecule has 0 atom stereocenters. The molecule has 0 aliphatic carbocycles. The van der Waals surface area contributed by atoms with Gasteiger partial charge in [0.05, 0.1) is 6.61 Å². The predicted octanol–water partition coefficient (Wildman–Crippen LogP) is 7.53. The van der Waals surface area contributed by atoms with Gasteiger partial charge in [-0.3, -0.25) is 4.79 Å². The molecular formula is C34H38N2O7. The third-order valence-electron chi connectivity index (χ3n) is 6.81. The van der Waals surface area contributed by atoms with Gasteiger partial charge in [-0.15, -0.1) is 0 Å². The Bertz CT molecular complexity index is 1400. The van der Waals surface area contributed by atoms with Gasteiger partial charge in [0, 0.05) is 36.3 Å². The van der Waals surface area contributed by atoms with Crippen LogP contribution >= 0.6 is 0 Å². The summed E-state index contributed by atoms with van der Waals surface area (Å²) in [4.78, 5) is 10.6. The first-order valence-corrected chi connectivity index (χ1v) is 14.5. The maximum Gasteiger partial charge on any atom is 0.303 e. The highest BCUT2D eigenvalue weighted by Gasteiger charge is 2.20. The molecular weight excluding hydrogens is 548 g/mol. The number of nitrogens with zero attached hydrogens (tertiary/aromatic N) is 2. The van der Waals surface area contributed by atoms with Crippen molar-refractivity contribution in [3.63, 3.8) is 0 Å². The summed E-state index contributed by atoms with van der Waals surface area (Å²) < 4.78 is 22.7. The number of rotatable bonds is 18. The fourth-order valence-electron chi connectivity index (χ4n) is 4.59. The average molecular weight is 587 g/mol. The van der Waals surface area contributed by atoms with Gasteiger partial charge >= 0.3 is 5.97 Å². The monoisotopic (exact) mass is 586 g/mol. The summed E-state index contributed by atoms with van der Waals surface area (Å²) in [7, 11) is 1.55. The van der Waals surface area contributed by atoms with Crippen LogP contribution in [0.25, 0.3) is 11.6 Å². The van der Waals surface area contributed by atoms with Gasteiger partial charge in [0.2, 0.25) is 0 Å². The smallest absolute Gasteiger partial charge is 0.303 e. The number of hydrogen-bond donors (Lipinski definition) is 2. The molecule has 1 heterocycles. The summed E-state index contributed by atoms with van der Waals surface area (Å²) >= 11 is 0. The zero-order chi connectivity index (χ0) is 30.9. The number of carbonyl (C=O) groups is 1. The Morgan fingerprint density at radius 3 is 2.28 bits per heavy atom. The highest BCUT2D eigenvalue weighted by atomic mass is 16.7. The molecule has 9 nitrogen and oxygen atoms in total. The highest BCUT2D eigenvalue weighted by Crippen LogP contribution is 2.38. The quantitative estimate of drug-likeness (QED) is 0.103. The first-order valence-electron chi connectivity index (χ1n) is 14.5. The Balaban J connectivity index is 1.61. The number of fused-ring (bicyclic) bond motifs is 1. The van der Waals surface area contributed by atoms with Crippen molar-refractivity contribution in [2.75, 3.05) is 20.5 Å². The molecule has 43 heavy (non-hydrogen) atoms. The predicted molar refractivity (Wildman–Crippen MR) is 162 cm³/mol. The lowest BCUT2D eigenvalue weighted by Crippen LogP contribution is -2.04. The van der Waals surface area contributed by atoms with Crippen molar-refractivity contribution in [2.24, 2.45) is 0 Å². The lowest BCUT2D eigenvalue weighted by molar-refractivity contribution is -0.137. The summed E-state index contributed by atoms with van der Waals surface area (Å²) in [5, 5.41) is 37.6. The summed E-state index contributed by atoms with van der Waals surface area (Å²) in [5.41, 5.74) is 1.55. The number of nitriles is 2. The number of allylic oxidation sites excluding steroid dienone is 4. The Morgan fingerprint density at radius 2 is 1.60 bits per heavy atom. The van der Waals surface area contributed by atoms with E-state index in [1.54, 1.807) is 25.3 Å². The average Bonchev–Trinajstić information content (AvgIpc) is 3.00. The van der Waals surface area contributed by atoms with E-state index in [1.165, 1.54) is 12.1 Å². The molecule has 0 bridgehead atoms. The molecule has 0 fully saturated rings. The Morgan fingerprint density at radius 1 is 0.907 bits per heavy atom. The van der Waals surface area contributed by atoms with Crippen LogP contribution in [0.4, 0.5) is 0 Å². The largest absolute Gasteiger partial charge is 0.508 e. The molecule has 2 aromatic carbocycles. The van der Waals surface area contributed by atoms with Crippen molar-refractivity contribution in [1.29, 1.82) is 10.5 Å². The maximum absolute atomic E-state index is 10.6. The second-order valence-electron chi connectivity index (χ2n) is 10.1. The summed E-state index contributed by atoms with van der Waals surface area (Å²) in [6, 6.07) is 13.9. The van der Waals surface area contributed by atoms with Crippen LogP contribution in [0.15, 0.2) is 59.9 Å². The molecule has 9 heteroatoms. The molecule has 0 unspecified atom stereocenters. The number of aromatic hydroxyl groups is 1. The summed E-state index contributed by atoms with van der Waals surface area (Å²) in [6.45, 7) is 0.652. The van der Waals surface area contributed by atoms with Crippen molar-refractivity contribution in [3.8, 4) is 35.1 Å². The third-order valence-corrected chi connectivity index (χ3v) is 6.81. The number of ether oxygens (including phenoxy) is 4. The second-order valence-corrected chi connectivity index (χ2v) is 10.1. The van der Waals surface area contributed by atoms with Crippen LogP contribution in [-0.2, 0) is 9.53 Å². The molecule has 226 valence electrons. The molecule has 2 N–H and O–H groups in total. The minimum atomic E-state index is -0.720. The second kappa shape index (κ2) is 17.9. The van der Waals surface area contributed by atoms with Crippen molar-refractivity contribution in [3.05, 3.63) is 71.0 Å². The van der Waals surface area contributed by atoms with E-state index in [0.29, 0.717) is 40.8 Å². The van der Waals surface area contributed by atoms with Gasteiger partial charge < -0.3 is 29.2 Å². The maximum atomic E-state index is 10.6. The van der Waals surface area contributed by atoms with Crippen LogP contribution in [0.1, 0.15) is 75.3 Å². The van der Waals surface area contributed by atoms with Gasteiger partial charge in [-0.2, -0.15) is 10.5 Å². The molecule has 1 aliphatic rings. The van der Waals surface area contributed by atoms with Gasteiger partial charge in [0.1, 0.15) is 46.5 Å². The minimum Gasteiger partial charge on any atom is -0.508 e. The minimum absolute atomic E-state index is 0.00464. The van der Waals surface area contributed by atoms with Crippen LogP contribution in [0.5, 0.6) is 23.0 Å². The normalized spacial score (nSPS) is 12.1. The Hall–Kier alpha value is -4.73. The first-order chi connectivity index (χ1) is 20.9. The number of carboxylic acid groups (broad SMARTS) is 1. The van der Waals surface area contributed by atoms with Gasteiger partial charge in [-0.25, -0.2) is 0 Å². The van der Waals surface area contributed by atoms with Crippen LogP contribution in [0.3, 0.4) is 0 Å². The van der Waals surface area contributed by atoms with E-state index >= 15 is 0 Å². The molecule has 1 aliphatic heterocycles. The van der Waals surface area contributed by atoms with E-state index in [-0.39, 0.29) is 24.5 Å². The number of hydrogen-bond acceptors (Lipinski definition) is 8. The number of carboxylic acids is 1. The number of aliphatic carboxylic acids is 1. The van der Waals surface area contributed by atoms with E-state index < -0.39 is 5.97 Å². The lowest BCUT2D eigenvalue weighted by atomic mass is 9.97. The number of phenolic OH excluding ortho intramolecular Hbond substituents is 1. The third kappa shape index (κ3) is 10.9. The molecule has 0 saturated heterocycles. The molecule has 0 saturated carbocycles. The highest BCUT2D eigenvalue weighted by molar-refractivity contribution is 5.87. The SMILES string of the molecule is COCOc1ccc(/C=C/C2=CC(=C(C#N)C#N)c3cc(O)ccc3O2)c(OCCCCCCCCCCCC(=O)O)c1. The van der Waals surface area contributed by atoms with E-state index in [0.717, 1.165) is 63.4 Å².